The van der Waals surface area contributed by atoms with Crippen LogP contribution in [0.2, 0.25) is 0 Å². The van der Waals surface area contributed by atoms with E-state index in [1.54, 1.807) is 22.8 Å². The molecule has 32 heavy (non-hydrogen) atoms. The van der Waals surface area contributed by atoms with Crippen LogP contribution in [-0.2, 0) is 17.9 Å². The summed E-state index contributed by atoms with van der Waals surface area (Å²) in [5, 5.41) is 13.3. The molecule has 1 amide bonds. The fraction of sp³-hybridized carbons (Fsp3) is 0.440. The molecular weight excluding hydrogens is 409 g/mol. The minimum Gasteiger partial charge on any atom is -0.396 e. The van der Waals surface area contributed by atoms with Crippen molar-refractivity contribution in [2.75, 3.05) is 13.2 Å². The maximum Gasteiger partial charge on any atom is 0.258 e. The Morgan fingerprint density at radius 2 is 2.00 bits per heavy atom. The fourth-order valence-corrected chi connectivity index (χ4v) is 5.32. The summed E-state index contributed by atoms with van der Waals surface area (Å²) in [6.07, 6.45) is 4.55. The number of hydrogen-bond donors (Lipinski definition) is 2. The van der Waals surface area contributed by atoms with Gasteiger partial charge in [0.25, 0.3) is 5.56 Å². The van der Waals surface area contributed by atoms with Crippen LogP contribution in [0.4, 0.5) is 4.39 Å². The van der Waals surface area contributed by atoms with E-state index >= 15 is 0 Å². The van der Waals surface area contributed by atoms with Crippen LogP contribution >= 0.6 is 0 Å². The zero-order valence-electron chi connectivity index (χ0n) is 18.5. The number of benzene rings is 1. The molecule has 2 aliphatic rings. The van der Waals surface area contributed by atoms with Crippen LogP contribution in [0, 0.1) is 17.7 Å². The lowest BCUT2D eigenvalue weighted by molar-refractivity contribution is -0.127. The van der Waals surface area contributed by atoms with Crippen molar-refractivity contribution in [2.24, 2.45) is 11.8 Å². The molecule has 0 radical (unpaired) electrons. The van der Waals surface area contributed by atoms with E-state index in [4.69, 9.17) is 0 Å². The summed E-state index contributed by atoms with van der Waals surface area (Å²) in [5.74, 6) is -1.22. The fourth-order valence-electron chi connectivity index (χ4n) is 5.32. The number of nitrogens with one attached hydrogen (secondary N) is 1. The molecule has 1 saturated heterocycles. The summed E-state index contributed by atoms with van der Waals surface area (Å²) in [4.78, 5) is 28.8. The number of aromatic nitrogens is 1. The number of aliphatic hydroxyl groups excluding tert-OH is 1. The molecule has 0 unspecified atom stereocenters. The highest BCUT2D eigenvalue weighted by Crippen LogP contribution is 2.48. The second-order valence-electron chi connectivity index (χ2n) is 8.60. The van der Waals surface area contributed by atoms with Crippen molar-refractivity contribution in [3.8, 4) is 0 Å². The number of aliphatic hydroxyl groups is 1. The first-order valence-electron chi connectivity index (χ1n) is 11.2. The second kappa shape index (κ2) is 9.38. The Kier molecular flexibility index (Phi) is 6.58. The third-order valence-electron chi connectivity index (χ3n) is 6.71. The molecule has 1 aromatic carbocycles. The van der Waals surface area contributed by atoms with Gasteiger partial charge in [0, 0.05) is 42.9 Å². The van der Waals surface area contributed by atoms with Crippen LogP contribution in [0.25, 0.3) is 6.08 Å². The number of allylic oxidation sites excluding steroid dienone is 1. The van der Waals surface area contributed by atoms with Gasteiger partial charge >= 0.3 is 0 Å². The molecule has 7 heteroatoms. The minimum atomic E-state index is -0.474. The lowest BCUT2D eigenvalue weighted by Gasteiger charge is -2.38. The Hall–Kier alpha value is -2.77. The summed E-state index contributed by atoms with van der Waals surface area (Å²) in [6.45, 7) is 5.38. The van der Waals surface area contributed by atoms with Gasteiger partial charge in [-0.3, -0.25) is 14.5 Å². The van der Waals surface area contributed by atoms with Crippen molar-refractivity contribution in [3.05, 3.63) is 75.5 Å². The Morgan fingerprint density at radius 3 is 2.66 bits per heavy atom. The van der Waals surface area contributed by atoms with Crippen LogP contribution in [0.1, 0.15) is 43.1 Å². The Morgan fingerprint density at radius 1 is 1.25 bits per heavy atom. The standard InChI is InChI=1S/C25H30FN3O3/c1-3-5-17-8-11-20-23-22(24(31)27-13-16-6-9-18(26)10-7-16)19(15-30)21(28(23)12-4-2)14-29(20)25(17)32/h3,5-11,19,21-23,30H,4,12-15H2,1-2H3,(H,27,31)/b5-3+/t19-,21-,22+,23+/m1/s1. The van der Waals surface area contributed by atoms with Crippen molar-refractivity contribution in [1.29, 1.82) is 0 Å². The molecule has 1 aromatic heterocycles. The molecular formula is C25H30FN3O3. The number of pyridine rings is 1. The highest BCUT2D eigenvalue weighted by Gasteiger charge is 2.55. The highest BCUT2D eigenvalue weighted by molar-refractivity contribution is 5.80. The van der Waals surface area contributed by atoms with Crippen molar-refractivity contribution in [3.63, 3.8) is 0 Å². The zero-order valence-corrected chi connectivity index (χ0v) is 18.5. The molecule has 2 aliphatic heterocycles. The Bertz CT molecular complexity index is 1060. The van der Waals surface area contributed by atoms with E-state index < -0.39 is 5.92 Å². The topological polar surface area (TPSA) is 74.6 Å². The normalized spacial score (nSPS) is 24.6. The summed E-state index contributed by atoms with van der Waals surface area (Å²) in [6, 6.07) is 9.44. The zero-order chi connectivity index (χ0) is 22.8. The number of nitrogens with zero attached hydrogens (tertiary/aromatic N) is 2. The summed E-state index contributed by atoms with van der Waals surface area (Å²) in [7, 11) is 0. The van der Waals surface area contributed by atoms with E-state index in [-0.39, 0.29) is 48.4 Å². The van der Waals surface area contributed by atoms with Gasteiger partial charge in [-0.1, -0.05) is 31.2 Å². The first kappa shape index (κ1) is 22.4. The molecule has 4 atom stereocenters. The largest absolute Gasteiger partial charge is 0.396 e. The van der Waals surface area contributed by atoms with Crippen LogP contribution in [0.3, 0.4) is 0 Å². The van der Waals surface area contributed by atoms with E-state index in [0.29, 0.717) is 12.1 Å². The van der Waals surface area contributed by atoms with E-state index in [1.807, 2.05) is 25.1 Å². The van der Waals surface area contributed by atoms with Crippen molar-refractivity contribution >= 4 is 12.0 Å². The van der Waals surface area contributed by atoms with E-state index in [9.17, 15) is 19.1 Å². The third-order valence-corrected chi connectivity index (χ3v) is 6.71. The summed E-state index contributed by atoms with van der Waals surface area (Å²) in [5.41, 5.74) is 2.19. The van der Waals surface area contributed by atoms with Gasteiger partial charge in [0.05, 0.1) is 12.0 Å². The van der Waals surface area contributed by atoms with Crippen molar-refractivity contribution in [2.45, 2.75) is 45.4 Å². The van der Waals surface area contributed by atoms with Gasteiger partial charge in [0.15, 0.2) is 0 Å². The molecule has 4 rings (SSSR count). The second-order valence-corrected chi connectivity index (χ2v) is 8.60. The van der Waals surface area contributed by atoms with E-state index in [1.165, 1.54) is 12.1 Å². The van der Waals surface area contributed by atoms with Crippen LogP contribution < -0.4 is 10.9 Å². The van der Waals surface area contributed by atoms with Gasteiger partial charge in [-0.05, 0) is 49.7 Å². The molecule has 6 nitrogen and oxygen atoms in total. The van der Waals surface area contributed by atoms with Gasteiger partial charge in [0.1, 0.15) is 5.82 Å². The Balaban J connectivity index is 1.68. The number of carbonyl (C=O) groups is 1. The quantitative estimate of drug-likeness (QED) is 0.696. The molecule has 2 aromatic rings. The first-order chi connectivity index (χ1) is 15.5. The lowest BCUT2D eigenvalue weighted by atomic mass is 9.86. The molecule has 170 valence electrons. The average molecular weight is 440 g/mol. The molecule has 3 heterocycles. The number of fused-ring (bicyclic) bond motifs is 4. The van der Waals surface area contributed by atoms with Gasteiger partial charge in [-0.2, -0.15) is 0 Å². The van der Waals surface area contributed by atoms with Crippen LogP contribution in [0.15, 0.2) is 47.3 Å². The summed E-state index contributed by atoms with van der Waals surface area (Å²) >= 11 is 0. The maximum atomic E-state index is 13.4. The van der Waals surface area contributed by atoms with Crippen molar-refractivity contribution < 1.29 is 14.3 Å². The molecule has 1 fully saturated rings. The number of rotatable bonds is 7. The molecule has 2 bridgehead atoms. The number of carbonyl (C=O) groups excluding carboxylic acids is 1. The van der Waals surface area contributed by atoms with Crippen LogP contribution in [0.5, 0.6) is 0 Å². The third kappa shape index (κ3) is 3.91. The SMILES string of the molecule is C/C=C/c1ccc2n(c1=O)C[C@@H]1[C@@H](CO)[C@H](C(=O)NCc3ccc(F)cc3)[C@H]2N1CCC. The monoisotopic (exact) mass is 439 g/mol. The van der Waals surface area contributed by atoms with Crippen molar-refractivity contribution in [1.82, 2.24) is 14.8 Å². The predicted octanol–water partition coefficient (Wildman–Crippen LogP) is 2.71. The van der Waals surface area contributed by atoms with Gasteiger partial charge in [-0.15, -0.1) is 0 Å². The lowest BCUT2D eigenvalue weighted by Crippen LogP contribution is -2.47. The molecule has 2 N–H and O–H groups in total. The minimum absolute atomic E-state index is 0.0594. The molecule has 0 aliphatic carbocycles. The van der Waals surface area contributed by atoms with E-state index in [0.717, 1.165) is 24.2 Å². The maximum absolute atomic E-state index is 13.4. The van der Waals surface area contributed by atoms with Crippen LogP contribution in [-0.4, -0.2) is 39.7 Å². The first-order valence-corrected chi connectivity index (χ1v) is 11.2. The van der Waals surface area contributed by atoms with Gasteiger partial charge in [0.2, 0.25) is 5.91 Å². The smallest absolute Gasteiger partial charge is 0.258 e. The number of hydrogen-bond acceptors (Lipinski definition) is 4. The Labute approximate surface area is 187 Å². The average Bonchev–Trinajstić information content (AvgIpc) is 3.00. The predicted molar refractivity (Wildman–Crippen MR) is 121 cm³/mol. The summed E-state index contributed by atoms with van der Waals surface area (Å²) < 4.78 is 15.0. The van der Waals surface area contributed by atoms with Gasteiger partial charge < -0.3 is 15.0 Å². The molecule has 0 spiro atoms. The number of amides is 1. The highest BCUT2D eigenvalue weighted by atomic mass is 19.1. The molecule has 0 saturated carbocycles. The van der Waals surface area contributed by atoms with Gasteiger partial charge in [-0.25, -0.2) is 4.39 Å². The number of halogens is 1. The van der Waals surface area contributed by atoms with E-state index in [2.05, 4.69) is 17.1 Å².